The topological polar surface area (TPSA) is 26.5 Å². The summed E-state index contributed by atoms with van der Waals surface area (Å²) in [7, 11) is 0. The smallest absolute Gasteiger partial charge is 0.143 e. The first-order valence-electron chi connectivity index (χ1n) is 10.6. The van der Waals surface area contributed by atoms with E-state index >= 15 is 0 Å². The Kier molecular flexibility index (Phi) is 5.59. The van der Waals surface area contributed by atoms with E-state index in [-0.39, 0.29) is 0 Å². The Morgan fingerprint density at radius 1 is 0.839 bits per heavy atom. The van der Waals surface area contributed by atoms with Crippen LogP contribution in [0, 0.1) is 0 Å². The number of benzene rings is 3. The number of fused-ring (bicyclic) bond motifs is 1. The third-order valence-corrected chi connectivity index (χ3v) is 6.05. The van der Waals surface area contributed by atoms with Crippen LogP contribution in [0.5, 0.6) is 0 Å². The van der Waals surface area contributed by atoms with Gasteiger partial charge < -0.3 is 9.40 Å². The summed E-state index contributed by atoms with van der Waals surface area (Å²) in [6, 6.07) is 31.0. The summed E-state index contributed by atoms with van der Waals surface area (Å²) in [5.74, 6) is 0. The number of nitrogens with zero attached hydrogens (tertiary/aromatic N) is 2. The molecule has 0 saturated carbocycles. The van der Waals surface area contributed by atoms with Gasteiger partial charge in [-0.15, -0.1) is 0 Å². The van der Waals surface area contributed by atoms with Crippen LogP contribution in [0.2, 0.25) is 5.02 Å². The molecule has 1 aliphatic carbocycles. The Balaban J connectivity index is 1.54. The number of rotatable bonds is 5. The first kappa shape index (κ1) is 19.7. The predicted octanol–water partition coefficient (Wildman–Crippen LogP) is 7.05. The van der Waals surface area contributed by atoms with Crippen molar-refractivity contribution in [2.45, 2.75) is 25.9 Å². The lowest BCUT2D eigenvalue weighted by molar-refractivity contribution is 0.130. The largest absolute Gasteiger partial charge is 0.391 e. The van der Waals surface area contributed by atoms with Gasteiger partial charge in [0.2, 0.25) is 0 Å². The van der Waals surface area contributed by atoms with Crippen molar-refractivity contribution in [2.24, 2.45) is 5.16 Å². The molecular weight excluding hydrogens is 404 g/mol. The highest BCUT2D eigenvalue weighted by atomic mass is 35.5. The summed E-state index contributed by atoms with van der Waals surface area (Å²) in [5, 5.41) is 5.25. The van der Waals surface area contributed by atoms with Crippen molar-refractivity contribution >= 4 is 17.3 Å². The fourth-order valence-electron chi connectivity index (χ4n) is 4.19. The molecule has 0 atom stereocenters. The lowest BCUT2D eigenvalue weighted by Crippen LogP contribution is -2.14. The van der Waals surface area contributed by atoms with Crippen LogP contribution in [0.25, 0.3) is 16.9 Å². The minimum atomic E-state index is 0.365. The molecule has 0 N–H and O–H groups in total. The molecular formula is C27H23ClN2O. The van der Waals surface area contributed by atoms with Crippen molar-refractivity contribution in [1.82, 2.24) is 4.57 Å². The number of halogens is 1. The van der Waals surface area contributed by atoms with Gasteiger partial charge in [0.25, 0.3) is 0 Å². The third-order valence-electron chi connectivity index (χ3n) is 5.68. The fourth-order valence-corrected chi connectivity index (χ4v) is 4.38. The van der Waals surface area contributed by atoms with Gasteiger partial charge in [0.05, 0.1) is 11.4 Å². The monoisotopic (exact) mass is 426 g/mol. The van der Waals surface area contributed by atoms with E-state index < -0.39 is 0 Å². The van der Waals surface area contributed by atoms with Crippen molar-refractivity contribution in [1.29, 1.82) is 0 Å². The van der Waals surface area contributed by atoms with Crippen molar-refractivity contribution in [3.05, 3.63) is 113 Å². The van der Waals surface area contributed by atoms with Gasteiger partial charge in [-0.3, -0.25) is 0 Å². The van der Waals surface area contributed by atoms with Gasteiger partial charge in [0.1, 0.15) is 6.61 Å². The third kappa shape index (κ3) is 4.01. The molecule has 0 aliphatic heterocycles. The summed E-state index contributed by atoms with van der Waals surface area (Å²) in [6.45, 7) is 0.365. The molecule has 3 nitrogen and oxygen atoms in total. The summed E-state index contributed by atoms with van der Waals surface area (Å²) in [5.41, 5.74) is 7.94. The normalized spacial score (nSPS) is 14.4. The summed E-state index contributed by atoms with van der Waals surface area (Å²) < 4.78 is 2.37. The second kappa shape index (κ2) is 8.83. The van der Waals surface area contributed by atoms with Crippen LogP contribution in [-0.4, -0.2) is 10.3 Å². The van der Waals surface area contributed by atoms with Gasteiger partial charge in [0, 0.05) is 27.5 Å². The van der Waals surface area contributed by atoms with Crippen LogP contribution in [0.1, 0.15) is 29.7 Å². The number of para-hydroxylation sites is 1. The maximum atomic E-state index is 6.25. The maximum absolute atomic E-state index is 6.25. The second-order valence-electron chi connectivity index (χ2n) is 7.68. The Hall–Kier alpha value is -3.30. The van der Waals surface area contributed by atoms with Gasteiger partial charge in [-0.1, -0.05) is 83.5 Å². The first-order chi connectivity index (χ1) is 15.3. The average molecular weight is 427 g/mol. The molecule has 1 aromatic heterocycles. The summed E-state index contributed by atoms with van der Waals surface area (Å²) in [4.78, 5) is 5.75. The second-order valence-corrected chi connectivity index (χ2v) is 8.09. The zero-order valence-corrected chi connectivity index (χ0v) is 17.9. The lowest BCUT2D eigenvalue weighted by Gasteiger charge is -2.18. The van der Waals surface area contributed by atoms with Crippen molar-refractivity contribution < 1.29 is 4.84 Å². The average Bonchev–Trinajstić information content (AvgIpc) is 3.22. The molecule has 0 radical (unpaired) electrons. The van der Waals surface area contributed by atoms with Gasteiger partial charge in [0.15, 0.2) is 0 Å². The minimum absolute atomic E-state index is 0.365. The molecule has 0 spiro atoms. The number of aromatic nitrogens is 1. The van der Waals surface area contributed by atoms with Crippen LogP contribution < -0.4 is 0 Å². The van der Waals surface area contributed by atoms with Crippen LogP contribution in [0.15, 0.2) is 96.2 Å². The number of hydrogen-bond donors (Lipinski definition) is 0. The maximum Gasteiger partial charge on any atom is 0.143 e. The van der Waals surface area contributed by atoms with E-state index in [1.165, 1.54) is 28.2 Å². The molecule has 1 heterocycles. The van der Waals surface area contributed by atoms with Crippen molar-refractivity contribution in [3.63, 3.8) is 0 Å². The quantitative estimate of drug-likeness (QED) is 0.314. The lowest BCUT2D eigenvalue weighted by atomic mass is 9.95. The highest BCUT2D eigenvalue weighted by Crippen LogP contribution is 2.34. The molecule has 154 valence electrons. The van der Waals surface area contributed by atoms with E-state index in [1.54, 1.807) is 0 Å². The zero-order chi connectivity index (χ0) is 21.0. The van der Waals surface area contributed by atoms with E-state index in [2.05, 4.69) is 76.5 Å². The van der Waals surface area contributed by atoms with Crippen molar-refractivity contribution in [2.75, 3.05) is 0 Å². The highest BCUT2D eigenvalue weighted by molar-refractivity contribution is 6.31. The van der Waals surface area contributed by atoms with E-state index in [4.69, 9.17) is 16.4 Å². The Labute approximate surface area is 187 Å². The van der Waals surface area contributed by atoms with E-state index in [0.29, 0.717) is 11.6 Å². The number of oxime groups is 1. The molecule has 5 rings (SSSR count). The van der Waals surface area contributed by atoms with Crippen LogP contribution in [-0.2, 0) is 17.9 Å². The molecule has 4 aromatic rings. The van der Waals surface area contributed by atoms with Gasteiger partial charge in [-0.05, 0) is 49.1 Å². The molecule has 31 heavy (non-hydrogen) atoms. The minimum Gasteiger partial charge on any atom is -0.391 e. The van der Waals surface area contributed by atoms with E-state index in [1.807, 2.05) is 24.3 Å². The first-order valence-corrected chi connectivity index (χ1v) is 11.0. The highest BCUT2D eigenvalue weighted by Gasteiger charge is 2.24. The molecule has 3 aromatic carbocycles. The molecule has 0 fully saturated rings. The SMILES string of the molecule is Clc1ccccc1CO/N=C1/CCCc2c1cc(-c1ccccc1)n2-c1ccccc1. The van der Waals surface area contributed by atoms with Crippen LogP contribution >= 0.6 is 11.6 Å². The van der Waals surface area contributed by atoms with E-state index in [0.717, 1.165) is 30.5 Å². The van der Waals surface area contributed by atoms with Crippen molar-refractivity contribution in [3.8, 4) is 16.9 Å². The molecule has 0 bridgehead atoms. The van der Waals surface area contributed by atoms with E-state index in [9.17, 15) is 0 Å². The fraction of sp³-hybridized carbons (Fsp3) is 0.148. The van der Waals surface area contributed by atoms with Gasteiger partial charge in [-0.2, -0.15) is 0 Å². The molecule has 4 heteroatoms. The van der Waals surface area contributed by atoms with Crippen LogP contribution in [0.4, 0.5) is 0 Å². The Morgan fingerprint density at radius 2 is 1.55 bits per heavy atom. The van der Waals surface area contributed by atoms with Crippen LogP contribution in [0.3, 0.4) is 0 Å². The summed E-state index contributed by atoms with van der Waals surface area (Å²) in [6.07, 6.45) is 2.97. The number of hydrogen-bond acceptors (Lipinski definition) is 2. The molecule has 0 saturated heterocycles. The van der Waals surface area contributed by atoms with Gasteiger partial charge >= 0.3 is 0 Å². The molecule has 0 amide bonds. The molecule has 0 unspecified atom stereocenters. The Bertz CT molecular complexity index is 1210. The van der Waals surface area contributed by atoms with Gasteiger partial charge in [-0.25, -0.2) is 0 Å². The molecule has 1 aliphatic rings. The summed E-state index contributed by atoms with van der Waals surface area (Å²) >= 11 is 6.25. The predicted molar refractivity (Wildman–Crippen MR) is 127 cm³/mol. The standard InChI is InChI=1S/C27H23ClN2O/c28-24-15-8-7-12-21(24)19-31-29-25-16-9-17-26-23(25)18-27(20-10-3-1-4-11-20)30(26)22-13-5-2-6-14-22/h1-8,10-15,18H,9,16-17,19H2/b29-25-. The Morgan fingerprint density at radius 3 is 2.32 bits per heavy atom. The zero-order valence-electron chi connectivity index (χ0n) is 17.2.